The van der Waals surface area contributed by atoms with Crippen LogP contribution in [0.4, 0.5) is 5.69 Å². The fraction of sp³-hybridized carbons (Fsp3) is 0.167. The number of nitrogens with one attached hydrogen (secondary N) is 1. The van der Waals surface area contributed by atoms with Crippen LogP contribution in [-0.2, 0) is 17.5 Å². The standard InChI is InChI=1S/C18H17N3OS/c1-3-21-12-17(14-6-4-13(11-19)5-7-14)16-9-8-15(10-18(16)21)20-23(2)22/h4-10,12,20H,3H2,1-2H3. The first-order valence-corrected chi connectivity index (χ1v) is 8.91. The molecule has 3 rings (SSSR count). The fourth-order valence-electron chi connectivity index (χ4n) is 2.74. The minimum Gasteiger partial charge on any atom is -0.347 e. The third-order valence-electron chi connectivity index (χ3n) is 3.81. The maximum atomic E-state index is 11.4. The molecule has 0 saturated heterocycles. The topological polar surface area (TPSA) is 57.8 Å². The molecule has 0 spiro atoms. The Hall–Kier alpha value is -2.58. The first-order chi connectivity index (χ1) is 11.1. The van der Waals surface area contributed by atoms with Crippen LogP contribution in [0, 0.1) is 11.3 Å². The Balaban J connectivity index is 2.14. The molecule has 1 N–H and O–H groups in total. The van der Waals surface area contributed by atoms with Gasteiger partial charge in [0.1, 0.15) is 11.0 Å². The normalized spacial score (nSPS) is 12.0. The second-order valence-electron chi connectivity index (χ2n) is 5.31. The number of hydrogen-bond acceptors (Lipinski definition) is 2. The quantitative estimate of drug-likeness (QED) is 0.791. The summed E-state index contributed by atoms with van der Waals surface area (Å²) in [6.07, 6.45) is 3.74. The molecule has 0 aliphatic heterocycles. The Labute approximate surface area is 138 Å². The first kappa shape index (κ1) is 15.3. The number of fused-ring (bicyclic) bond motifs is 1. The number of nitriles is 1. The highest BCUT2D eigenvalue weighted by molar-refractivity contribution is 7.85. The van der Waals surface area contributed by atoms with Gasteiger partial charge in [-0.05, 0) is 36.8 Å². The summed E-state index contributed by atoms with van der Waals surface area (Å²) >= 11 is 0. The summed E-state index contributed by atoms with van der Waals surface area (Å²) < 4.78 is 16.5. The Kier molecular flexibility index (Phi) is 4.18. The lowest BCUT2D eigenvalue weighted by Gasteiger charge is -2.05. The molecule has 0 aliphatic rings. The van der Waals surface area contributed by atoms with Crippen LogP contribution in [0.2, 0.25) is 0 Å². The second-order valence-corrected chi connectivity index (χ2v) is 6.42. The zero-order valence-corrected chi connectivity index (χ0v) is 13.9. The van der Waals surface area contributed by atoms with Crippen molar-refractivity contribution in [3.05, 3.63) is 54.2 Å². The van der Waals surface area contributed by atoms with Gasteiger partial charge in [-0.3, -0.25) is 0 Å². The highest BCUT2D eigenvalue weighted by Gasteiger charge is 2.10. The highest BCUT2D eigenvalue weighted by atomic mass is 32.2. The van der Waals surface area contributed by atoms with Crippen LogP contribution in [0.5, 0.6) is 0 Å². The Bertz CT molecular complexity index is 920. The molecule has 23 heavy (non-hydrogen) atoms. The molecule has 1 unspecified atom stereocenters. The van der Waals surface area contributed by atoms with Crippen LogP contribution in [0.15, 0.2) is 48.7 Å². The predicted octanol–water partition coefficient (Wildman–Crippen LogP) is 3.91. The van der Waals surface area contributed by atoms with Gasteiger partial charge >= 0.3 is 0 Å². The molecular formula is C18H17N3OS. The van der Waals surface area contributed by atoms with E-state index in [9.17, 15) is 4.21 Å². The molecule has 116 valence electrons. The molecule has 1 atom stereocenters. The van der Waals surface area contributed by atoms with Crippen molar-refractivity contribution in [2.75, 3.05) is 11.0 Å². The zero-order valence-electron chi connectivity index (χ0n) is 13.0. The second kappa shape index (κ2) is 6.27. The third-order valence-corrected chi connectivity index (χ3v) is 4.33. The number of aryl methyl sites for hydroxylation is 1. The lowest BCUT2D eigenvalue weighted by Crippen LogP contribution is -2.01. The molecule has 4 nitrogen and oxygen atoms in total. The van der Waals surface area contributed by atoms with E-state index in [4.69, 9.17) is 5.26 Å². The van der Waals surface area contributed by atoms with Gasteiger partial charge in [-0.2, -0.15) is 5.26 Å². The van der Waals surface area contributed by atoms with Gasteiger partial charge in [0.25, 0.3) is 0 Å². The van der Waals surface area contributed by atoms with Crippen LogP contribution in [0.1, 0.15) is 12.5 Å². The molecule has 0 amide bonds. The molecule has 0 radical (unpaired) electrons. The van der Waals surface area contributed by atoms with Crippen molar-refractivity contribution < 1.29 is 4.21 Å². The largest absolute Gasteiger partial charge is 0.347 e. The monoisotopic (exact) mass is 323 g/mol. The number of aromatic nitrogens is 1. The van der Waals surface area contributed by atoms with Gasteiger partial charge < -0.3 is 9.29 Å². The maximum absolute atomic E-state index is 11.4. The molecule has 3 aromatic rings. The summed E-state index contributed by atoms with van der Waals surface area (Å²) in [5.41, 5.74) is 4.82. The van der Waals surface area contributed by atoms with E-state index in [0.717, 1.165) is 34.3 Å². The lowest BCUT2D eigenvalue weighted by atomic mass is 10.0. The zero-order chi connectivity index (χ0) is 16.4. The molecule has 0 saturated carbocycles. The van der Waals surface area contributed by atoms with Crippen LogP contribution in [0.25, 0.3) is 22.0 Å². The first-order valence-electron chi connectivity index (χ1n) is 7.36. The third kappa shape index (κ3) is 2.99. The SMILES string of the molecule is CCn1cc(-c2ccc(C#N)cc2)c2ccc(NS(C)=O)cc21. The molecule has 5 heteroatoms. The highest BCUT2D eigenvalue weighted by Crippen LogP contribution is 2.32. The summed E-state index contributed by atoms with van der Waals surface area (Å²) in [6.45, 7) is 2.95. The summed E-state index contributed by atoms with van der Waals surface area (Å²) in [5, 5.41) is 10.1. The molecule has 0 bridgehead atoms. The number of anilines is 1. The van der Waals surface area contributed by atoms with Gasteiger partial charge in [0, 0.05) is 35.6 Å². The lowest BCUT2D eigenvalue weighted by molar-refractivity contribution is 0.690. The van der Waals surface area contributed by atoms with Crippen molar-refractivity contribution in [2.45, 2.75) is 13.5 Å². The number of hydrogen-bond donors (Lipinski definition) is 1. The molecule has 1 aromatic heterocycles. The van der Waals surface area contributed by atoms with Crippen molar-refractivity contribution in [1.82, 2.24) is 4.57 Å². The van der Waals surface area contributed by atoms with E-state index in [2.05, 4.69) is 28.5 Å². The van der Waals surface area contributed by atoms with E-state index in [1.165, 1.54) is 0 Å². The van der Waals surface area contributed by atoms with Crippen LogP contribution in [-0.4, -0.2) is 15.0 Å². The summed E-state index contributed by atoms with van der Waals surface area (Å²) in [6, 6.07) is 15.8. The Morgan fingerprint density at radius 3 is 2.57 bits per heavy atom. The molecule has 1 heterocycles. The van der Waals surface area contributed by atoms with E-state index < -0.39 is 11.0 Å². The van der Waals surface area contributed by atoms with E-state index in [0.29, 0.717) is 5.56 Å². The molecule has 0 aliphatic carbocycles. The average Bonchev–Trinajstić information content (AvgIpc) is 2.92. The molecular weight excluding hydrogens is 306 g/mol. The van der Waals surface area contributed by atoms with Crippen LogP contribution in [0.3, 0.4) is 0 Å². The van der Waals surface area contributed by atoms with Crippen LogP contribution < -0.4 is 4.72 Å². The van der Waals surface area contributed by atoms with Gasteiger partial charge in [0.15, 0.2) is 0 Å². The van der Waals surface area contributed by atoms with Gasteiger partial charge in [0.2, 0.25) is 0 Å². The number of rotatable bonds is 4. The minimum absolute atomic E-state index is 0.657. The van der Waals surface area contributed by atoms with E-state index >= 15 is 0 Å². The smallest absolute Gasteiger partial charge is 0.113 e. The average molecular weight is 323 g/mol. The van der Waals surface area contributed by atoms with Gasteiger partial charge in [-0.1, -0.05) is 18.2 Å². The Morgan fingerprint density at radius 1 is 1.22 bits per heavy atom. The van der Waals surface area contributed by atoms with Crippen molar-refractivity contribution in [1.29, 1.82) is 5.26 Å². The van der Waals surface area contributed by atoms with Crippen molar-refractivity contribution >= 4 is 27.6 Å². The van der Waals surface area contributed by atoms with Crippen molar-refractivity contribution in [3.63, 3.8) is 0 Å². The number of nitrogens with zero attached hydrogens (tertiary/aromatic N) is 2. The van der Waals surface area contributed by atoms with E-state index in [-0.39, 0.29) is 0 Å². The van der Waals surface area contributed by atoms with Crippen molar-refractivity contribution in [2.24, 2.45) is 0 Å². The molecule has 0 fully saturated rings. The van der Waals surface area contributed by atoms with Gasteiger partial charge in [-0.15, -0.1) is 0 Å². The minimum atomic E-state index is -1.09. The van der Waals surface area contributed by atoms with E-state index in [1.54, 1.807) is 6.26 Å². The van der Waals surface area contributed by atoms with E-state index in [1.807, 2.05) is 42.5 Å². The van der Waals surface area contributed by atoms with Gasteiger partial charge in [-0.25, -0.2) is 4.21 Å². The van der Waals surface area contributed by atoms with Gasteiger partial charge in [0.05, 0.1) is 17.1 Å². The number of benzene rings is 2. The van der Waals surface area contributed by atoms with Crippen LogP contribution >= 0.6 is 0 Å². The van der Waals surface area contributed by atoms with Crippen molar-refractivity contribution in [3.8, 4) is 17.2 Å². The fourth-order valence-corrected chi connectivity index (χ4v) is 3.20. The summed E-state index contributed by atoms with van der Waals surface area (Å²) in [5.74, 6) is 0. The summed E-state index contributed by atoms with van der Waals surface area (Å²) in [7, 11) is -1.09. The predicted molar refractivity (Wildman–Crippen MR) is 95.5 cm³/mol. The Morgan fingerprint density at radius 2 is 1.96 bits per heavy atom. The molecule has 2 aromatic carbocycles. The summed E-state index contributed by atoms with van der Waals surface area (Å²) in [4.78, 5) is 0. The maximum Gasteiger partial charge on any atom is 0.113 e.